The third-order valence-corrected chi connectivity index (χ3v) is 2.63. The van der Waals surface area contributed by atoms with Crippen LogP contribution in [0.5, 0.6) is 0 Å². The van der Waals surface area contributed by atoms with E-state index < -0.39 is 0 Å². The number of hydrogen-bond acceptors (Lipinski definition) is 2. The van der Waals surface area contributed by atoms with Crippen LogP contribution in [0.1, 0.15) is 32.6 Å². The van der Waals surface area contributed by atoms with Gasteiger partial charge in [0.2, 0.25) is 5.91 Å². The second-order valence-corrected chi connectivity index (χ2v) is 3.99. The lowest BCUT2D eigenvalue weighted by Crippen LogP contribution is -2.36. The van der Waals surface area contributed by atoms with Crippen LogP contribution < -0.4 is 0 Å². The third kappa shape index (κ3) is 4.47. The molecule has 0 spiro atoms. The average Bonchev–Trinajstić information content (AvgIpc) is 2.25. The maximum absolute atomic E-state index is 11.7. The molecule has 0 aliphatic carbocycles. The van der Waals surface area contributed by atoms with Crippen molar-refractivity contribution in [3.8, 4) is 0 Å². The van der Waals surface area contributed by atoms with Gasteiger partial charge in [0.25, 0.3) is 0 Å². The molecule has 0 N–H and O–H groups in total. The van der Waals surface area contributed by atoms with Crippen molar-refractivity contribution in [2.24, 2.45) is 0 Å². The standard InChI is InChI=1S/C12H21NO2/c1-3-9-15-10-6-12(14)13-7-4-11(2)5-8-13/h2-10H2,1H3. The van der Waals surface area contributed by atoms with Crippen molar-refractivity contribution in [2.45, 2.75) is 32.6 Å². The first-order valence-electron chi connectivity index (χ1n) is 5.76. The highest BCUT2D eigenvalue weighted by atomic mass is 16.5. The van der Waals surface area contributed by atoms with Gasteiger partial charge in [-0.15, -0.1) is 0 Å². The molecule has 1 amide bonds. The maximum Gasteiger partial charge on any atom is 0.224 e. The molecule has 1 aliphatic heterocycles. The number of nitrogens with zero attached hydrogens (tertiary/aromatic N) is 1. The third-order valence-electron chi connectivity index (χ3n) is 2.63. The minimum absolute atomic E-state index is 0.221. The van der Waals surface area contributed by atoms with E-state index in [9.17, 15) is 4.79 Å². The summed E-state index contributed by atoms with van der Waals surface area (Å²) in [5.41, 5.74) is 1.27. The van der Waals surface area contributed by atoms with Gasteiger partial charge in [0, 0.05) is 19.7 Å². The van der Waals surface area contributed by atoms with Crippen molar-refractivity contribution in [3.05, 3.63) is 12.2 Å². The molecular formula is C12H21NO2. The van der Waals surface area contributed by atoms with Crippen LogP contribution in [0.2, 0.25) is 0 Å². The Morgan fingerprint density at radius 3 is 2.67 bits per heavy atom. The van der Waals surface area contributed by atoms with Gasteiger partial charge in [-0.25, -0.2) is 0 Å². The quantitative estimate of drug-likeness (QED) is 0.514. The van der Waals surface area contributed by atoms with E-state index in [0.717, 1.165) is 39.0 Å². The fourth-order valence-electron chi connectivity index (χ4n) is 1.64. The molecule has 86 valence electrons. The van der Waals surface area contributed by atoms with E-state index in [1.54, 1.807) is 0 Å². The molecule has 0 radical (unpaired) electrons. The number of likely N-dealkylation sites (tertiary alicyclic amines) is 1. The lowest BCUT2D eigenvalue weighted by atomic mass is 10.1. The van der Waals surface area contributed by atoms with Crippen LogP contribution in [-0.2, 0) is 9.53 Å². The second-order valence-electron chi connectivity index (χ2n) is 3.99. The number of piperidine rings is 1. The van der Waals surface area contributed by atoms with Gasteiger partial charge in [0.05, 0.1) is 13.0 Å². The lowest BCUT2D eigenvalue weighted by Gasteiger charge is -2.28. The molecule has 0 aromatic heterocycles. The summed E-state index contributed by atoms with van der Waals surface area (Å²) in [5, 5.41) is 0. The van der Waals surface area contributed by atoms with E-state index in [1.165, 1.54) is 5.57 Å². The van der Waals surface area contributed by atoms with E-state index in [-0.39, 0.29) is 5.91 Å². The number of rotatable bonds is 5. The van der Waals surface area contributed by atoms with Crippen molar-refractivity contribution in [1.82, 2.24) is 4.90 Å². The van der Waals surface area contributed by atoms with Crippen molar-refractivity contribution >= 4 is 5.91 Å². The minimum atomic E-state index is 0.221. The largest absolute Gasteiger partial charge is 0.381 e. The monoisotopic (exact) mass is 211 g/mol. The Hall–Kier alpha value is -0.830. The molecule has 3 nitrogen and oxygen atoms in total. The molecule has 0 unspecified atom stereocenters. The van der Waals surface area contributed by atoms with Gasteiger partial charge in [-0.2, -0.15) is 0 Å². The molecule has 0 saturated carbocycles. The van der Waals surface area contributed by atoms with Crippen LogP contribution in [0.15, 0.2) is 12.2 Å². The molecule has 1 aliphatic rings. The molecule has 15 heavy (non-hydrogen) atoms. The highest BCUT2D eigenvalue weighted by molar-refractivity contribution is 5.76. The molecule has 1 saturated heterocycles. The summed E-state index contributed by atoms with van der Waals surface area (Å²) in [6.07, 6.45) is 3.45. The molecular weight excluding hydrogens is 190 g/mol. The average molecular weight is 211 g/mol. The van der Waals surface area contributed by atoms with Crippen LogP contribution in [0, 0.1) is 0 Å². The molecule has 0 aromatic carbocycles. The highest BCUT2D eigenvalue weighted by Gasteiger charge is 2.17. The van der Waals surface area contributed by atoms with Crippen LogP contribution in [-0.4, -0.2) is 37.1 Å². The molecule has 1 heterocycles. The van der Waals surface area contributed by atoms with Crippen LogP contribution >= 0.6 is 0 Å². The zero-order valence-electron chi connectivity index (χ0n) is 9.63. The first-order chi connectivity index (χ1) is 7.24. The number of ether oxygens (including phenoxy) is 1. The SMILES string of the molecule is C=C1CCN(C(=O)CCOCCC)CC1. The van der Waals surface area contributed by atoms with Gasteiger partial charge in [-0.1, -0.05) is 19.1 Å². The Morgan fingerprint density at radius 1 is 1.40 bits per heavy atom. The summed E-state index contributed by atoms with van der Waals surface area (Å²) < 4.78 is 5.30. The van der Waals surface area contributed by atoms with Crippen LogP contribution in [0.3, 0.4) is 0 Å². The van der Waals surface area contributed by atoms with E-state index >= 15 is 0 Å². The normalized spacial score (nSPS) is 16.9. The topological polar surface area (TPSA) is 29.5 Å². The van der Waals surface area contributed by atoms with E-state index in [0.29, 0.717) is 13.0 Å². The van der Waals surface area contributed by atoms with Gasteiger partial charge in [0.1, 0.15) is 0 Å². The Morgan fingerprint density at radius 2 is 2.07 bits per heavy atom. The second kappa shape index (κ2) is 6.62. The van der Waals surface area contributed by atoms with Gasteiger partial charge >= 0.3 is 0 Å². The van der Waals surface area contributed by atoms with Crippen LogP contribution in [0.25, 0.3) is 0 Å². The van der Waals surface area contributed by atoms with Gasteiger partial charge in [-0.3, -0.25) is 4.79 Å². The molecule has 1 fully saturated rings. The summed E-state index contributed by atoms with van der Waals surface area (Å²) in [4.78, 5) is 13.6. The zero-order valence-corrected chi connectivity index (χ0v) is 9.63. The van der Waals surface area contributed by atoms with Gasteiger partial charge in [0.15, 0.2) is 0 Å². The predicted molar refractivity (Wildman–Crippen MR) is 60.7 cm³/mol. The van der Waals surface area contributed by atoms with Crippen molar-refractivity contribution < 1.29 is 9.53 Å². The van der Waals surface area contributed by atoms with Gasteiger partial charge < -0.3 is 9.64 Å². The molecule has 0 atom stereocenters. The zero-order chi connectivity index (χ0) is 11.1. The first kappa shape index (κ1) is 12.2. The molecule has 0 bridgehead atoms. The molecule has 1 rings (SSSR count). The number of carbonyl (C=O) groups is 1. The van der Waals surface area contributed by atoms with E-state index in [1.807, 2.05) is 4.90 Å². The Labute approximate surface area is 92.1 Å². The van der Waals surface area contributed by atoms with Crippen molar-refractivity contribution in [2.75, 3.05) is 26.3 Å². The summed E-state index contributed by atoms with van der Waals surface area (Å²) >= 11 is 0. The fraction of sp³-hybridized carbons (Fsp3) is 0.750. The summed E-state index contributed by atoms with van der Waals surface area (Å²) in [6, 6.07) is 0. The molecule has 3 heteroatoms. The Kier molecular flexibility index (Phi) is 5.40. The lowest BCUT2D eigenvalue weighted by molar-refractivity contribution is -0.132. The fourth-order valence-corrected chi connectivity index (χ4v) is 1.64. The molecule has 0 aromatic rings. The van der Waals surface area contributed by atoms with Crippen molar-refractivity contribution in [3.63, 3.8) is 0 Å². The Bertz CT molecular complexity index is 216. The van der Waals surface area contributed by atoms with Gasteiger partial charge in [-0.05, 0) is 19.3 Å². The minimum Gasteiger partial charge on any atom is -0.381 e. The van der Waals surface area contributed by atoms with E-state index in [2.05, 4.69) is 13.5 Å². The maximum atomic E-state index is 11.7. The highest BCUT2D eigenvalue weighted by Crippen LogP contribution is 2.14. The van der Waals surface area contributed by atoms with Crippen LogP contribution in [0.4, 0.5) is 0 Å². The Balaban J connectivity index is 2.14. The predicted octanol–water partition coefficient (Wildman–Crippen LogP) is 1.98. The summed E-state index contributed by atoms with van der Waals surface area (Å²) in [7, 11) is 0. The first-order valence-corrected chi connectivity index (χ1v) is 5.76. The number of hydrogen-bond donors (Lipinski definition) is 0. The number of carbonyl (C=O) groups excluding carboxylic acids is 1. The smallest absolute Gasteiger partial charge is 0.224 e. The van der Waals surface area contributed by atoms with Crippen molar-refractivity contribution in [1.29, 1.82) is 0 Å². The summed E-state index contributed by atoms with van der Waals surface area (Å²) in [6.45, 7) is 8.99. The summed E-state index contributed by atoms with van der Waals surface area (Å²) in [5.74, 6) is 0.221. The number of amides is 1. The van der Waals surface area contributed by atoms with E-state index in [4.69, 9.17) is 4.74 Å².